The number of alkyl halides is 4. The molecule has 3 fully saturated rings. The number of rotatable bonds is 5. The predicted molar refractivity (Wildman–Crippen MR) is 162 cm³/mol. The van der Waals surface area contributed by atoms with E-state index in [2.05, 4.69) is 10.4 Å². The predicted octanol–water partition coefficient (Wildman–Crippen LogP) is 4.00. The van der Waals surface area contributed by atoms with Crippen LogP contribution in [0, 0.1) is 0 Å². The van der Waals surface area contributed by atoms with E-state index in [1.165, 1.54) is 21.8 Å². The van der Waals surface area contributed by atoms with Crippen molar-refractivity contribution in [2.75, 3.05) is 37.8 Å². The standard InChI is InChI=1S/C20H25F2N5O3.C10H15F2N3/c1-24(2)15-9-10-26(11-20(15,21)22)12-5-4-6-13-17(12)25(3)19(30)27(13)14-7-8-16(28)23-18(14)29;11-10(12)9-8(13)6-15(14-9)7-4-2-1-3-5-7/h4-6,14-15H,7-11H2,1-3H3,(H,23,28,29);6-7,10H,1-5,13H2. The summed E-state index contributed by atoms with van der Waals surface area (Å²) in [7, 11) is 4.87. The Bertz CT molecular complexity index is 1610. The number of nitrogens with two attached hydrogens (primary N) is 1. The maximum absolute atomic E-state index is 14.8. The van der Waals surface area contributed by atoms with Crippen molar-refractivity contribution in [2.24, 2.45) is 7.05 Å². The fourth-order valence-electron chi connectivity index (χ4n) is 6.79. The number of nitrogens with one attached hydrogen (secondary N) is 1. The molecule has 2 aromatic heterocycles. The number of piperidine rings is 2. The lowest BCUT2D eigenvalue weighted by Crippen LogP contribution is -2.56. The topological polar surface area (TPSA) is 123 Å². The van der Waals surface area contributed by atoms with Crippen molar-refractivity contribution in [1.29, 1.82) is 0 Å². The highest BCUT2D eigenvalue weighted by Crippen LogP contribution is 2.36. The van der Waals surface area contributed by atoms with Crippen LogP contribution in [0.2, 0.25) is 0 Å². The summed E-state index contributed by atoms with van der Waals surface area (Å²) in [5.41, 5.74) is 6.44. The third-order valence-corrected chi connectivity index (χ3v) is 9.07. The van der Waals surface area contributed by atoms with Crippen LogP contribution in [-0.2, 0) is 16.6 Å². The summed E-state index contributed by atoms with van der Waals surface area (Å²) < 4.78 is 58.8. The molecule has 1 aliphatic carbocycles. The van der Waals surface area contributed by atoms with Crippen LogP contribution in [0.25, 0.3) is 11.0 Å². The number of para-hydroxylation sites is 1. The third kappa shape index (κ3) is 6.44. The highest BCUT2D eigenvalue weighted by atomic mass is 19.3. The van der Waals surface area contributed by atoms with Crippen molar-refractivity contribution in [3.05, 3.63) is 40.6 Å². The molecule has 2 amide bonds. The monoisotopic (exact) mass is 636 g/mol. The minimum absolute atomic E-state index is 0.107. The fourth-order valence-corrected chi connectivity index (χ4v) is 6.79. The molecule has 3 N–H and O–H groups in total. The van der Waals surface area contributed by atoms with Gasteiger partial charge in [0.15, 0.2) is 5.69 Å². The Labute approximate surface area is 257 Å². The number of nitrogens with zero attached hydrogens (tertiary/aromatic N) is 6. The van der Waals surface area contributed by atoms with Crippen LogP contribution in [0.4, 0.5) is 28.9 Å². The molecule has 1 aromatic carbocycles. The second kappa shape index (κ2) is 12.9. The summed E-state index contributed by atoms with van der Waals surface area (Å²) >= 11 is 0. The van der Waals surface area contributed by atoms with Crippen LogP contribution < -0.4 is 21.6 Å². The molecular weight excluding hydrogens is 596 g/mol. The Morgan fingerprint density at radius 2 is 1.78 bits per heavy atom. The minimum Gasteiger partial charge on any atom is -0.396 e. The summed E-state index contributed by atoms with van der Waals surface area (Å²) in [6.45, 7) is -0.0257. The molecule has 15 heteroatoms. The van der Waals surface area contributed by atoms with Crippen molar-refractivity contribution in [3.8, 4) is 0 Å². The van der Waals surface area contributed by atoms with Gasteiger partial charge in [-0.15, -0.1) is 0 Å². The first-order chi connectivity index (χ1) is 21.3. The second-order valence-corrected chi connectivity index (χ2v) is 12.3. The molecule has 6 rings (SSSR count). The quantitative estimate of drug-likeness (QED) is 0.321. The van der Waals surface area contributed by atoms with Gasteiger partial charge in [-0.25, -0.2) is 22.4 Å². The lowest BCUT2D eigenvalue weighted by atomic mass is 9.96. The molecule has 45 heavy (non-hydrogen) atoms. The van der Waals surface area contributed by atoms with E-state index in [-0.39, 0.29) is 42.6 Å². The maximum Gasteiger partial charge on any atom is 0.329 e. The number of amides is 2. The zero-order valence-electron chi connectivity index (χ0n) is 25.7. The van der Waals surface area contributed by atoms with Gasteiger partial charge in [0.05, 0.1) is 41.0 Å². The van der Waals surface area contributed by atoms with E-state index < -0.39 is 42.6 Å². The van der Waals surface area contributed by atoms with Crippen LogP contribution in [0.3, 0.4) is 0 Å². The van der Waals surface area contributed by atoms with E-state index in [9.17, 15) is 31.9 Å². The normalized spacial score (nSPS) is 22.6. The molecule has 2 atom stereocenters. The molecule has 1 saturated carbocycles. The zero-order chi connectivity index (χ0) is 32.6. The largest absolute Gasteiger partial charge is 0.396 e. The molecule has 0 spiro atoms. The van der Waals surface area contributed by atoms with Gasteiger partial charge in [-0.3, -0.25) is 28.7 Å². The number of benzene rings is 1. The van der Waals surface area contributed by atoms with Crippen LogP contribution >= 0.6 is 0 Å². The minimum atomic E-state index is -2.91. The molecule has 0 bridgehead atoms. The van der Waals surface area contributed by atoms with Gasteiger partial charge in [0.1, 0.15) is 6.04 Å². The molecule has 3 aliphatic rings. The smallest absolute Gasteiger partial charge is 0.329 e. The van der Waals surface area contributed by atoms with Gasteiger partial charge >= 0.3 is 5.69 Å². The van der Waals surface area contributed by atoms with Gasteiger partial charge in [-0.2, -0.15) is 5.10 Å². The first kappa shape index (κ1) is 32.5. The highest BCUT2D eigenvalue weighted by Gasteiger charge is 2.46. The summed E-state index contributed by atoms with van der Waals surface area (Å²) in [6.07, 6.45) is 5.18. The number of carbonyl (C=O) groups is 2. The molecule has 4 heterocycles. The summed E-state index contributed by atoms with van der Waals surface area (Å²) in [5, 5.41) is 6.15. The van der Waals surface area contributed by atoms with E-state index >= 15 is 0 Å². The molecule has 2 saturated heterocycles. The number of anilines is 2. The van der Waals surface area contributed by atoms with E-state index in [1.807, 2.05) is 0 Å². The molecule has 246 valence electrons. The van der Waals surface area contributed by atoms with Crippen molar-refractivity contribution >= 4 is 34.2 Å². The van der Waals surface area contributed by atoms with Crippen LogP contribution in [0.5, 0.6) is 0 Å². The van der Waals surface area contributed by atoms with Gasteiger partial charge in [0, 0.05) is 26.2 Å². The molecule has 2 unspecified atom stereocenters. The number of halogens is 4. The van der Waals surface area contributed by atoms with E-state index in [1.54, 1.807) is 53.8 Å². The Hall–Kier alpha value is -3.88. The van der Waals surface area contributed by atoms with Gasteiger partial charge < -0.3 is 15.5 Å². The van der Waals surface area contributed by atoms with E-state index in [4.69, 9.17) is 5.73 Å². The van der Waals surface area contributed by atoms with Crippen LogP contribution in [-0.4, -0.2) is 74.8 Å². The Morgan fingerprint density at radius 1 is 1.07 bits per heavy atom. The lowest BCUT2D eigenvalue weighted by molar-refractivity contribution is -0.135. The number of hydrogen-bond donors (Lipinski definition) is 2. The van der Waals surface area contributed by atoms with Crippen molar-refractivity contribution < 1.29 is 27.2 Å². The summed E-state index contributed by atoms with van der Waals surface area (Å²) in [6, 6.07) is 3.74. The van der Waals surface area contributed by atoms with Crippen LogP contribution in [0.1, 0.15) is 75.6 Å². The summed E-state index contributed by atoms with van der Waals surface area (Å²) in [5.74, 6) is -3.80. The average Bonchev–Trinajstić information content (AvgIpc) is 3.50. The number of nitrogen functional groups attached to an aromatic ring is 1. The Morgan fingerprint density at radius 3 is 2.38 bits per heavy atom. The molecule has 3 aromatic rings. The van der Waals surface area contributed by atoms with Gasteiger partial charge in [0.2, 0.25) is 11.8 Å². The Kier molecular flexibility index (Phi) is 9.28. The second-order valence-electron chi connectivity index (χ2n) is 12.3. The Balaban J connectivity index is 0.000000223. The number of hydrogen-bond acceptors (Lipinski definition) is 7. The number of imidazole rings is 1. The van der Waals surface area contributed by atoms with E-state index in [0.717, 1.165) is 25.7 Å². The van der Waals surface area contributed by atoms with Crippen molar-refractivity contribution in [1.82, 2.24) is 29.1 Å². The highest BCUT2D eigenvalue weighted by molar-refractivity contribution is 6.00. The van der Waals surface area contributed by atoms with Crippen molar-refractivity contribution in [2.45, 2.75) is 81.8 Å². The number of aryl methyl sites for hydroxylation is 1. The first-order valence-corrected chi connectivity index (χ1v) is 15.3. The van der Waals surface area contributed by atoms with Crippen molar-refractivity contribution in [3.63, 3.8) is 0 Å². The molecule has 0 radical (unpaired) electrons. The van der Waals surface area contributed by atoms with Gasteiger partial charge in [0.25, 0.3) is 12.3 Å². The molecule has 2 aliphatic heterocycles. The van der Waals surface area contributed by atoms with Gasteiger partial charge in [-0.05, 0) is 51.9 Å². The maximum atomic E-state index is 14.8. The number of fused-ring (bicyclic) bond motifs is 1. The van der Waals surface area contributed by atoms with Crippen LogP contribution in [0.15, 0.2) is 29.2 Å². The number of imide groups is 1. The fraction of sp³-hybridized carbons (Fsp3) is 0.600. The van der Waals surface area contributed by atoms with Gasteiger partial charge in [-0.1, -0.05) is 25.3 Å². The first-order valence-electron chi connectivity index (χ1n) is 15.3. The number of carbonyl (C=O) groups excluding carboxylic acids is 2. The SMILES string of the molecule is CN(C)C1CCN(c2cccc3c2n(C)c(=O)n3C2CCC(=O)NC2=O)CC1(F)F.Nc1cn(C2CCCCC2)nc1C(F)F. The average molecular weight is 637 g/mol. The summed E-state index contributed by atoms with van der Waals surface area (Å²) in [4.78, 5) is 40.0. The van der Waals surface area contributed by atoms with E-state index in [0.29, 0.717) is 23.3 Å². The molecule has 11 nitrogen and oxygen atoms in total. The third-order valence-electron chi connectivity index (χ3n) is 9.07. The number of aromatic nitrogens is 4. The lowest BCUT2D eigenvalue weighted by Gasteiger charge is -2.42. The zero-order valence-corrected chi connectivity index (χ0v) is 25.7. The molecular formula is C30H40F4N8O3.